The molecule has 0 fully saturated rings. The van der Waals surface area contributed by atoms with E-state index in [9.17, 15) is 34.6 Å². The quantitative estimate of drug-likeness (QED) is 0.394. The minimum Gasteiger partial charge on any atom is -0.343 e. The zero-order valence-corrected chi connectivity index (χ0v) is 13.5. The molecule has 0 aliphatic heterocycles. The second-order valence-electron chi connectivity index (χ2n) is 5.83. The van der Waals surface area contributed by atoms with E-state index in [1.54, 1.807) is 26.2 Å². The molecule has 0 saturated carbocycles. The Balaban J connectivity index is 2.88. The number of hydrogen-bond donors (Lipinski definition) is 3. The van der Waals surface area contributed by atoms with Crippen LogP contribution in [0.1, 0.15) is 31.1 Å². The SMILES string of the molecule is CC(C)(C)NC(=O)C(=O)NNC(=O)c1ccc([N+](=O)[O-])cc1[N+](=O)[O-]. The summed E-state index contributed by atoms with van der Waals surface area (Å²) in [6.07, 6.45) is 0. The van der Waals surface area contributed by atoms with Crippen LogP contribution in [0.4, 0.5) is 11.4 Å². The molecule has 25 heavy (non-hydrogen) atoms. The minimum atomic E-state index is -1.19. The van der Waals surface area contributed by atoms with Crippen LogP contribution in [-0.2, 0) is 9.59 Å². The Morgan fingerprint density at radius 2 is 1.56 bits per heavy atom. The van der Waals surface area contributed by atoms with Crippen LogP contribution < -0.4 is 16.2 Å². The summed E-state index contributed by atoms with van der Waals surface area (Å²) in [5.74, 6) is -3.32. The number of nitro groups is 2. The van der Waals surface area contributed by atoms with Crippen LogP contribution in [0.15, 0.2) is 18.2 Å². The average Bonchev–Trinajstić information content (AvgIpc) is 2.49. The summed E-state index contributed by atoms with van der Waals surface area (Å²) in [7, 11) is 0. The van der Waals surface area contributed by atoms with Gasteiger partial charge in [0.15, 0.2) is 0 Å². The largest absolute Gasteiger partial charge is 0.343 e. The van der Waals surface area contributed by atoms with Gasteiger partial charge < -0.3 is 5.32 Å². The van der Waals surface area contributed by atoms with Gasteiger partial charge in [-0.15, -0.1) is 0 Å². The maximum atomic E-state index is 11.9. The van der Waals surface area contributed by atoms with Crippen molar-refractivity contribution in [3.63, 3.8) is 0 Å². The van der Waals surface area contributed by atoms with Crippen LogP contribution >= 0.6 is 0 Å². The summed E-state index contributed by atoms with van der Waals surface area (Å²) in [5, 5.41) is 23.9. The van der Waals surface area contributed by atoms with E-state index in [0.29, 0.717) is 6.07 Å². The zero-order valence-electron chi connectivity index (χ0n) is 13.5. The second kappa shape index (κ2) is 7.33. The van der Waals surface area contributed by atoms with Gasteiger partial charge >= 0.3 is 11.8 Å². The van der Waals surface area contributed by atoms with Crippen molar-refractivity contribution in [2.75, 3.05) is 0 Å². The highest BCUT2D eigenvalue weighted by molar-refractivity contribution is 6.35. The highest BCUT2D eigenvalue weighted by atomic mass is 16.6. The number of benzene rings is 1. The predicted molar refractivity (Wildman–Crippen MR) is 83.3 cm³/mol. The van der Waals surface area contributed by atoms with Crippen LogP contribution in [0.3, 0.4) is 0 Å². The Morgan fingerprint density at radius 3 is 2.04 bits per heavy atom. The topological polar surface area (TPSA) is 174 Å². The van der Waals surface area contributed by atoms with E-state index in [4.69, 9.17) is 0 Å². The van der Waals surface area contributed by atoms with E-state index >= 15 is 0 Å². The number of non-ortho nitro benzene ring substituents is 1. The summed E-state index contributed by atoms with van der Waals surface area (Å²) >= 11 is 0. The number of rotatable bonds is 3. The van der Waals surface area contributed by atoms with Gasteiger partial charge in [-0.25, -0.2) is 0 Å². The van der Waals surface area contributed by atoms with Crippen molar-refractivity contribution in [1.82, 2.24) is 16.2 Å². The van der Waals surface area contributed by atoms with E-state index in [2.05, 4.69) is 5.32 Å². The minimum absolute atomic E-state index is 0.521. The third kappa shape index (κ3) is 5.53. The Morgan fingerprint density at radius 1 is 0.960 bits per heavy atom. The molecule has 0 heterocycles. The fourth-order valence-electron chi connectivity index (χ4n) is 1.61. The van der Waals surface area contributed by atoms with Crippen molar-refractivity contribution in [1.29, 1.82) is 0 Å². The van der Waals surface area contributed by atoms with Crippen molar-refractivity contribution in [3.8, 4) is 0 Å². The number of carbonyl (C=O) groups excluding carboxylic acids is 3. The van der Waals surface area contributed by atoms with E-state index in [0.717, 1.165) is 12.1 Å². The molecule has 1 rings (SSSR count). The van der Waals surface area contributed by atoms with Gasteiger partial charge in [-0.3, -0.25) is 45.5 Å². The molecule has 134 valence electrons. The summed E-state index contributed by atoms with van der Waals surface area (Å²) in [6, 6.07) is 2.38. The summed E-state index contributed by atoms with van der Waals surface area (Å²) in [5.41, 5.74) is 1.04. The molecule has 0 aliphatic rings. The second-order valence-corrected chi connectivity index (χ2v) is 5.83. The molecule has 0 spiro atoms. The molecule has 12 heteroatoms. The maximum absolute atomic E-state index is 11.9. The standard InChI is InChI=1S/C13H15N5O7/c1-13(2,3)14-11(20)12(21)16-15-10(19)8-5-4-7(17(22)23)6-9(8)18(24)25/h4-6H,1-3H3,(H,14,20)(H,15,19)(H,16,21). The fraction of sp³-hybridized carbons (Fsp3) is 0.308. The van der Waals surface area contributed by atoms with Crippen molar-refractivity contribution in [3.05, 3.63) is 44.0 Å². The molecule has 12 nitrogen and oxygen atoms in total. The van der Waals surface area contributed by atoms with Crippen molar-refractivity contribution >= 4 is 29.1 Å². The van der Waals surface area contributed by atoms with Gasteiger partial charge in [-0.1, -0.05) is 0 Å². The van der Waals surface area contributed by atoms with E-state index < -0.39 is 50.0 Å². The molecule has 0 bridgehead atoms. The molecule has 0 radical (unpaired) electrons. The molecule has 3 N–H and O–H groups in total. The number of carbonyl (C=O) groups is 3. The van der Waals surface area contributed by atoms with Crippen LogP contribution in [0.25, 0.3) is 0 Å². The van der Waals surface area contributed by atoms with Crippen molar-refractivity contribution in [2.24, 2.45) is 0 Å². The Hall–Kier alpha value is -3.57. The Bertz CT molecular complexity index is 754. The summed E-state index contributed by atoms with van der Waals surface area (Å²) in [6.45, 7) is 4.91. The maximum Gasteiger partial charge on any atom is 0.327 e. The highest BCUT2D eigenvalue weighted by Crippen LogP contribution is 2.24. The lowest BCUT2D eigenvalue weighted by Crippen LogP contribution is -2.52. The number of hydrazine groups is 1. The number of nitrogens with zero attached hydrogens (tertiary/aromatic N) is 2. The normalized spacial score (nSPS) is 10.5. The first kappa shape index (κ1) is 19.5. The summed E-state index contributed by atoms with van der Waals surface area (Å²) in [4.78, 5) is 54.8. The van der Waals surface area contributed by atoms with Crippen LogP contribution in [-0.4, -0.2) is 33.1 Å². The predicted octanol–water partition coefficient (Wildman–Crippen LogP) is 0.179. The smallest absolute Gasteiger partial charge is 0.327 e. The van der Waals surface area contributed by atoms with Gasteiger partial charge in [0.05, 0.1) is 15.9 Å². The monoisotopic (exact) mass is 353 g/mol. The fourth-order valence-corrected chi connectivity index (χ4v) is 1.61. The van der Waals surface area contributed by atoms with Crippen LogP contribution in [0, 0.1) is 20.2 Å². The van der Waals surface area contributed by atoms with Gasteiger partial charge in [-0.05, 0) is 26.8 Å². The van der Waals surface area contributed by atoms with Crippen molar-refractivity contribution in [2.45, 2.75) is 26.3 Å². The van der Waals surface area contributed by atoms with Gasteiger partial charge in [-0.2, -0.15) is 0 Å². The molecule has 1 aromatic rings. The van der Waals surface area contributed by atoms with E-state index in [-0.39, 0.29) is 0 Å². The molecule has 0 unspecified atom stereocenters. The first-order valence-corrected chi connectivity index (χ1v) is 6.78. The molecule has 1 aromatic carbocycles. The molecule has 0 saturated heterocycles. The van der Waals surface area contributed by atoms with Gasteiger partial charge in [0.2, 0.25) is 0 Å². The lowest BCUT2D eigenvalue weighted by atomic mass is 10.1. The Kier molecular flexibility index (Phi) is 5.71. The number of hydrogen-bond acceptors (Lipinski definition) is 7. The van der Waals surface area contributed by atoms with Gasteiger partial charge in [0.1, 0.15) is 5.56 Å². The van der Waals surface area contributed by atoms with Crippen LogP contribution in [0.2, 0.25) is 0 Å². The third-order valence-corrected chi connectivity index (χ3v) is 2.62. The first-order valence-electron chi connectivity index (χ1n) is 6.78. The number of nitrogens with one attached hydrogen (secondary N) is 3. The summed E-state index contributed by atoms with van der Waals surface area (Å²) < 4.78 is 0. The molecule has 0 aliphatic carbocycles. The van der Waals surface area contributed by atoms with Gasteiger partial charge in [0.25, 0.3) is 17.3 Å². The number of nitro benzene ring substituents is 2. The molecule has 3 amide bonds. The lowest BCUT2D eigenvalue weighted by molar-refractivity contribution is -0.394. The number of amides is 3. The molecular formula is C13H15N5O7. The molecule has 0 atom stereocenters. The van der Waals surface area contributed by atoms with E-state index in [1.807, 2.05) is 5.43 Å². The highest BCUT2D eigenvalue weighted by Gasteiger charge is 2.25. The average molecular weight is 353 g/mol. The molecular weight excluding hydrogens is 338 g/mol. The Labute approximate surface area is 140 Å². The lowest BCUT2D eigenvalue weighted by Gasteiger charge is -2.19. The first-order chi connectivity index (χ1) is 11.4. The molecule has 0 aromatic heterocycles. The van der Waals surface area contributed by atoms with Gasteiger partial charge in [0, 0.05) is 11.6 Å². The van der Waals surface area contributed by atoms with Crippen molar-refractivity contribution < 1.29 is 24.2 Å². The third-order valence-electron chi connectivity index (χ3n) is 2.62. The van der Waals surface area contributed by atoms with E-state index in [1.165, 1.54) is 0 Å². The zero-order chi connectivity index (χ0) is 19.4. The van der Waals surface area contributed by atoms with Crippen LogP contribution in [0.5, 0.6) is 0 Å².